The van der Waals surface area contributed by atoms with E-state index in [9.17, 15) is 9.59 Å². The molecule has 6 heteroatoms. The molecule has 1 N–H and O–H groups in total. The molecular weight excluding hydrogens is 248 g/mol. The van der Waals surface area contributed by atoms with E-state index in [0.29, 0.717) is 13.0 Å². The van der Waals surface area contributed by atoms with E-state index in [1.807, 2.05) is 18.7 Å². The van der Waals surface area contributed by atoms with Gasteiger partial charge < -0.3 is 19.7 Å². The fourth-order valence-corrected chi connectivity index (χ4v) is 1.94. The standard InChI is InChI=1S/C13H24N2O4/c1-13(2,19-10-9-18-12(17)14-3)6-8-15-7-4-5-11(15)16/h4-10H2,1-3H3,(H,14,17). The lowest BCUT2D eigenvalue weighted by atomic mass is 10.1. The molecule has 0 unspecified atom stereocenters. The molecule has 6 nitrogen and oxygen atoms in total. The Morgan fingerprint density at radius 1 is 1.42 bits per heavy atom. The van der Waals surface area contributed by atoms with E-state index >= 15 is 0 Å². The van der Waals surface area contributed by atoms with Crippen LogP contribution in [0.5, 0.6) is 0 Å². The Morgan fingerprint density at radius 3 is 2.74 bits per heavy atom. The minimum atomic E-state index is -0.455. The number of nitrogens with one attached hydrogen (secondary N) is 1. The number of alkyl carbamates (subject to hydrolysis) is 1. The lowest BCUT2D eigenvalue weighted by Gasteiger charge is -2.27. The zero-order valence-electron chi connectivity index (χ0n) is 12.0. The first kappa shape index (κ1) is 15.8. The molecule has 1 rings (SSSR count). The second kappa shape index (κ2) is 7.33. The lowest BCUT2D eigenvalue weighted by Crippen LogP contribution is -2.34. The molecule has 0 radical (unpaired) electrons. The average Bonchev–Trinajstić information content (AvgIpc) is 2.77. The lowest BCUT2D eigenvalue weighted by molar-refractivity contribution is -0.128. The van der Waals surface area contributed by atoms with Gasteiger partial charge in [-0.15, -0.1) is 0 Å². The quantitative estimate of drug-likeness (QED) is 0.706. The second-order valence-corrected chi connectivity index (χ2v) is 5.23. The number of hydrogen-bond donors (Lipinski definition) is 1. The molecule has 0 aromatic rings. The van der Waals surface area contributed by atoms with Crippen LogP contribution in [-0.2, 0) is 14.3 Å². The van der Waals surface area contributed by atoms with Gasteiger partial charge >= 0.3 is 6.09 Å². The van der Waals surface area contributed by atoms with Crippen LogP contribution in [0, 0.1) is 0 Å². The molecule has 1 aliphatic heterocycles. The third-order valence-corrected chi connectivity index (χ3v) is 3.17. The molecule has 0 spiro atoms. The van der Waals surface area contributed by atoms with E-state index in [1.165, 1.54) is 7.05 Å². The largest absolute Gasteiger partial charge is 0.447 e. The van der Waals surface area contributed by atoms with Gasteiger partial charge in [-0.3, -0.25) is 4.79 Å². The Labute approximate surface area is 114 Å². The molecule has 0 aromatic heterocycles. The first-order valence-electron chi connectivity index (χ1n) is 6.71. The number of amides is 2. The van der Waals surface area contributed by atoms with Crippen molar-refractivity contribution in [2.75, 3.05) is 33.4 Å². The molecule has 0 atom stereocenters. The maximum Gasteiger partial charge on any atom is 0.406 e. The van der Waals surface area contributed by atoms with E-state index in [0.717, 1.165) is 25.9 Å². The summed E-state index contributed by atoms with van der Waals surface area (Å²) < 4.78 is 10.5. The van der Waals surface area contributed by atoms with Crippen LogP contribution in [0.15, 0.2) is 0 Å². The predicted molar refractivity (Wildman–Crippen MR) is 70.9 cm³/mol. The van der Waals surface area contributed by atoms with Gasteiger partial charge in [0.1, 0.15) is 6.61 Å². The fraction of sp³-hybridized carbons (Fsp3) is 0.846. The smallest absolute Gasteiger partial charge is 0.406 e. The van der Waals surface area contributed by atoms with Gasteiger partial charge in [-0.25, -0.2) is 4.79 Å². The molecule has 1 saturated heterocycles. The summed E-state index contributed by atoms with van der Waals surface area (Å²) in [5.41, 5.74) is -0.324. The molecule has 1 aliphatic rings. The number of carbonyl (C=O) groups excluding carboxylic acids is 2. The van der Waals surface area contributed by atoms with E-state index < -0.39 is 6.09 Å². The summed E-state index contributed by atoms with van der Waals surface area (Å²) in [5.74, 6) is 0.235. The maximum absolute atomic E-state index is 11.5. The monoisotopic (exact) mass is 272 g/mol. The Hall–Kier alpha value is -1.30. The van der Waals surface area contributed by atoms with Crippen LogP contribution >= 0.6 is 0 Å². The van der Waals surface area contributed by atoms with E-state index in [4.69, 9.17) is 9.47 Å². The van der Waals surface area contributed by atoms with E-state index in [1.54, 1.807) is 0 Å². The summed E-state index contributed by atoms with van der Waals surface area (Å²) in [7, 11) is 1.51. The molecule has 0 bridgehead atoms. The summed E-state index contributed by atoms with van der Waals surface area (Å²) in [4.78, 5) is 24.2. The van der Waals surface area contributed by atoms with Crippen LogP contribution in [0.3, 0.4) is 0 Å². The van der Waals surface area contributed by atoms with Crippen molar-refractivity contribution in [1.82, 2.24) is 10.2 Å². The van der Waals surface area contributed by atoms with Gasteiger partial charge in [0.2, 0.25) is 5.91 Å². The third-order valence-electron chi connectivity index (χ3n) is 3.17. The number of nitrogens with zero attached hydrogens (tertiary/aromatic N) is 1. The van der Waals surface area contributed by atoms with Crippen molar-refractivity contribution in [3.8, 4) is 0 Å². The zero-order valence-corrected chi connectivity index (χ0v) is 12.0. The van der Waals surface area contributed by atoms with Crippen LogP contribution in [0.4, 0.5) is 4.79 Å². The molecule has 1 heterocycles. The van der Waals surface area contributed by atoms with Crippen LogP contribution < -0.4 is 5.32 Å². The van der Waals surface area contributed by atoms with Gasteiger partial charge in [-0.05, 0) is 26.7 Å². The van der Waals surface area contributed by atoms with E-state index in [-0.39, 0.29) is 18.1 Å². The van der Waals surface area contributed by atoms with Crippen LogP contribution in [0.2, 0.25) is 0 Å². The van der Waals surface area contributed by atoms with Crippen molar-refractivity contribution in [2.45, 2.75) is 38.7 Å². The van der Waals surface area contributed by atoms with Gasteiger partial charge in [-0.2, -0.15) is 0 Å². The van der Waals surface area contributed by atoms with Gasteiger partial charge in [0.15, 0.2) is 0 Å². The van der Waals surface area contributed by atoms with Crippen LogP contribution in [0.1, 0.15) is 33.1 Å². The molecule has 1 fully saturated rings. The van der Waals surface area contributed by atoms with Crippen molar-refractivity contribution < 1.29 is 19.1 Å². The Bertz CT molecular complexity index is 318. The molecule has 2 amide bonds. The highest BCUT2D eigenvalue weighted by Crippen LogP contribution is 2.18. The Balaban J connectivity index is 2.16. The Morgan fingerprint density at radius 2 is 2.16 bits per heavy atom. The van der Waals surface area contributed by atoms with Crippen molar-refractivity contribution in [1.29, 1.82) is 0 Å². The number of likely N-dealkylation sites (tertiary alicyclic amines) is 1. The van der Waals surface area contributed by atoms with Gasteiger partial charge in [0.05, 0.1) is 12.2 Å². The second-order valence-electron chi connectivity index (χ2n) is 5.23. The minimum Gasteiger partial charge on any atom is -0.447 e. The molecule has 19 heavy (non-hydrogen) atoms. The summed E-state index contributed by atoms with van der Waals surface area (Å²) in [5, 5.41) is 2.37. The van der Waals surface area contributed by atoms with Crippen molar-refractivity contribution >= 4 is 12.0 Å². The molecule has 0 aromatic carbocycles. The van der Waals surface area contributed by atoms with Gasteiger partial charge in [-0.1, -0.05) is 0 Å². The third kappa shape index (κ3) is 5.92. The van der Waals surface area contributed by atoms with Gasteiger partial charge in [0, 0.05) is 26.6 Å². The summed E-state index contributed by atoms with van der Waals surface area (Å²) in [6.45, 7) is 6.12. The number of hydrogen-bond acceptors (Lipinski definition) is 4. The summed E-state index contributed by atoms with van der Waals surface area (Å²) >= 11 is 0. The zero-order chi connectivity index (χ0) is 14.3. The molecule has 110 valence electrons. The number of carbonyl (C=O) groups is 2. The normalized spacial score (nSPS) is 15.7. The first-order valence-corrected chi connectivity index (χ1v) is 6.71. The fourth-order valence-electron chi connectivity index (χ4n) is 1.94. The molecule has 0 aliphatic carbocycles. The molecule has 0 saturated carbocycles. The van der Waals surface area contributed by atoms with E-state index in [2.05, 4.69) is 5.32 Å². The van der Waals surface area contributed by atoms with Crippen molar-refractivity contribution in [3.63, 3.8) is 0 Å². The number of rotatable bonds is 7. The highest BCUT2D eigenvalue weighted by molar-refractivity contribution is 5.78. The molecular formula is C13H24N2O4. The number of ether oxygens (including phenoxy) is 2. The van der Waals surface area contributed by atoms with Crippen LogP contribution in [0.25, 0.3) is 0 Å². The average molecular weight is 272 g/mol. The summed E-state index contributed by atoms with van der Waals surface area (Å²) in [6, 6.07) is 0. The predicted octanol–water partition coefficient (Wildman–Crippen LogP) is 1.15. The SMILES string of the molecule is CNC(=O)OCCOC(C)(C)CCN1CCCC1=O. The van der Waals surface area contributed by atoms with Crippen LogP contribution in [-0.4, -0.2) is 55.9 Å². The maximum atomic E-state index is 11.5. The topological polar surface area (TPSA) is 67.9 Å². The first-order chi connectivity index (χ1) is 8.94. The van der Waals surface area contributed by atoms with Crippen molar-refractivity contribution in [3.05, 3.63) is 0 Å². The Kier molecular flexibility index (Phi) is 6.08. The highest BCUT2D eigenvalue weighted by Gasteiger charge is 2.24. The van der Waals surface area contributed by atoms with Gasteiger partial charge in [0.25, 0.3) is 0 Å². The minimum absolute atomic E-state index is 0.228. The summed E-state index contributed by atoms with van der Waals surface area (Å²) in [6.07, 6.45) is 1.95. The highest BCUT2D eigenvalue weighted by atomic mass is 16.6. The van der Waals surface area contributed by atoms with Crippen molar-refractivity contribution in [2.24, 2.45) is 0 Å².